The Kier molecular flexibility index (Phi) is 6.71. The first-order valence-corrected chi connectivity index (χ1v) is 10.3. The van der Waals surface area contributed by atoms with Crippen molar-refractivity contribution in [3.05, 3.63) is 76.2 Å². The topological polar surface area (TPSA) is 116 Å². The molecule has 2 heterocycles. The Labute approximate surface area is 184 Å². The van der Waals surface area contributed by atoms with Gasteiger partial charge in [0, 0.05) is 12.6 Å². The zero-order valence-corrected chi connectivity index (χ0v) is 17.9. The van der Waals surface area contributed by atoms with Gasteiger partial charge in [0.15, 0.2) is 18.1 Å². The number of pyridine rings is 1. The van der Waals surface area contributed by atoms with Crippen LogP contribution in [0, 0.1) is 5.92 Å². The fourth-order valence-corrected chi connectivity index (χ4v) is 2.83. The van der Waals surface area contributed by atoms with Crippen molar-refractivity contribution in [3.63, 3.8) is 0 Å². The number of nitrogens with zero attached hydrogens (tertiary/aromatic N) is 5. The van der Waals surface area contributed by atoms with Gasteiger partial charge in [0.2, 0.25) is 5.82 Å². The maximum Gasteiger partial charge on any atom is 0.441 e. The molecular weight excluding hydrogens is 412 g/mol. The molecule has 0 radical (unpaired) electrons. The molecule has 4 rings (SSSR count). The van der Waals surface area contributed by atoms with E-state index in [9.17, 15) is 4.79 Å². The van der Waals surface area contributed by atoms with Crippen LogP contribution in [0.1, 0.15) is 36.8 Å². The second kappa shape index (κ2) is 10.0. The zero-order valence-electron chi connectivity index (χ0n) is 17.9. The predicted octanol–water partition coefficient (Wildman–Crippen LogP) is 2.72. The van der Waals surface area contributed by atoms with Crippen LogP contribution >= 0.6 is 0 Å². The molecule has 0 aliphatic heterocycles. The fraction of sp³-hybridized carbons (Fsp3) is 0.318. The van der Waals surface area contributed by atoms with Crippen LogP contribution in [0.5, 0.6) is 0 Å². The van der Waals surface area contributed by atoms with Gasteiger partial charge < -0.3 is 4.84 Å². The van der Waals surface area contributed by atoms with Crippen LogP contribution in [-0.4, -0.2) is 32.9 Å². The second-order valence-corrected chi connectivity index (χ2v) is 7.45. The van der Waals surface area contributed by atoms with Crippen LogP contribution in [0.2, 0.25) is 0 Å². The maximum absolute atomic E-state index is 11.7. The number of aromatic nitrogens is 3. The molecule has 0 bridgehead atoms. The van der Waals surface area contributed by atoms with E-state index in [-0.39, 0.29) is 12.4 Å². The Morgan fingerprint density at radius 1 is 1.22 bits per heavy atom. The molecule has 166 valence electrons. The Bertz CT molecular complexity index is 1160. The summed E-state index contributed by atoms with van der Waals surface area (Å²) in [6, 6.07) is 14.7. The molecule has 10 nitrogen and oxygen atoms in total. The first-order valence-electron chi connectivity index (χ1n) is 10.3. The van der Waals surface area contributed by atoms with Gasteiger partial charge in [0.1, 0.15) is 5.84 Å². The zero-order chi connectivity index (χ0) is 22.3. The summed E-state index contributed by atoms with van der Waals surface area (Å²) in [4.78, 5) is 31.5. The lowest BCUT2D eigenvalue weighted by Gasteiger charge is -2.07. The summed E-state index contributed by atoms with van der Waals surface area (Å²) >= 11 is 0. The highest BCUT2D eigenvalue weighted by atomic mass is 16.6. The number of rotatable bonds is 9. The van der Waals surface area contributed by atoms with Gasteiger partial charge in [-0.25, -0.2) is 14.8 Å². The highest BCUT2D eigenvalue weighted by molar-refractivity contribution is 6.10. The molecular formula is C22H24N6O4. The van der Waals surface area contributed by atoms with Gasteiger partial charge in [0.05, 0.1) is 12.3 Å². The lowest BCUT2D eigenvalue weighted by molar-refractivity contribution is 0.0760. The molecule has 2 aromatic heterocycles. The van der Waals surface area contributed by atoms with E-state index in [0.29, 0.717) is 35.6 Å². The van der Waals surface area contributed by atoms with E-state index in [2.05, 4.69) is 25.8 Å². The van der Waals surface area contributed by atoms with E-state index in [1.54, 1.807) is 13.1 Å². The number of aliphatic imine (C=N–C) groups is 1. The van der Waals surface area contributed by atoms with E-state index in [4.69, 9.17) is 14.2 Å². The van der Waals surface area contributed by atoms with Gasteiger partial charge in [-0.1, -0.05) is 46.7 Å². The van der Waals surface area contributed by atoms with E-state index in [1.165, 1.54) is 17.4 Å². The summed E-state index contributed by atoms with van der Waals surface area (Å²) in [5.41, 5.74) is 4.59. The number of hydrogen-bond donors (Lipinski definition) is 1. The van der Waals surface area contributed by atoms with Gasteiger partial charge in [-0.15, -0.1) is 0 Å². The second-order valence-electron chi connectivity index (χ2n) is 7.45. The third-order valence-corrected chi connectivity index (χ3v) is 4.74. The molecule has 0 saturated heterocycles. The van der Waals surface area contributed by atoms with E-state index in [0.717, 1.165) is 5.56 Å². The number of oxime groups is 1. The van der Waals surface area contributed by atoms with Gasteiger partial charge in [-0.2, -0.15) is 0 Å². The van der Waals surface area contributed by atoms with Crippen LogP contribution in [0.15, 0.2) is 68.0 Å². The van der Waals surface area contributed by atoms with Crippen molar-refractivity contribution in [1.82, 2.24) is 20.2 Å². The number of hydrogen-bond acceptors (Lipinski definition) is 8. The van der Waals surface area contributed by atoms with Gasteiger partial charge in [0.25, 0.3) is 0 Å². The lowest BCUT2D eigenvalue weighted by atomic mass is 10.1. The van der Waals surface area contributed by atoms with Crippen molar-refractivity contribution in [2.75, 3.05) is 6.61 Å². The third-order valence-electron chi connectivity index (χ3n) is 4.74. The standard InChI is InChI=1S/C22H24N6O4/c1-15(25-30-13-16-11-12-16)23-19-10-6-9-18(24-19)14-31-26-20(17-7-4-3-5-8-17)21-27-32-22(29)28(21)2/h3-10,16H,11-14H2,1-2H3,(H,23,24,25)/b26-20+. The molecule has 0 amide bonds. The molecule has 0 spiro atoms. The molecule has 32 heavy (non-hydrogen) atoms. The highest BCUT2D eigenvalue weighted by Gasteiger charge is 2.21. The normalized spacial score (nSPS) is 14.4. The third kappa shape index (κ3) is 5.67. The first-order chi connectivity index (χ1) is 15.6. The Balaban J connectivity index is 1.44. The number of nitrogens with one attached hydrogen (secondary N) is 1. The first kappa shape index (κ1) is 21.4. The SMILES string of the molecule is CC(=Nc1cccc(CO/N=C(\c2ccccc2)c2noc(=O)n2C)n1)NOCC1CC1. The molecule has 1 saturated carbocycles. The monoisotopic (exact) mass is 436 g/mol. The summed E-state index contributed by atoms with van der Waals surface area (Å²) < 4.78 is 6.00. The van der Waals surface area contributed by atoms with Crippen LogP contribution in [0.4, 0.5) is 5.82 Å². The van der Waals surface area contributed by atoms with Crippen LogP contribution < -0.4 is 11.2 Å². The summed E-state index contributed by atoms with van der Waals surface area (Å²) in [6.45, 7) is 2.61. The molecule has 0 atom stereocenters. The van der Waals surface area contributed by atoms with Gasteiger partial charge in [-0.05, 0) is 37.8 Å². The summed E-state index contributed by atoms with van der Waals surface area (Å²) in [5, 5.41) is 8.03. The molecule has 1 N–H and O–H groups in total. The van der Waals surface area contributed by atoms with Crippen molar-refractivity contribution >= 4 is 17.4 Å². The summed E-state index contributed by atoms with van der Waals surface area (Å²) in [7, 11) is 1.56. The maximum atomic E-state index is 11.7. The number of benzene rings is 1. The van der Waals surface area contributed by atoms with Crippen molar-refractivity contribution in [2.24, 2.45) is 23.1 Å². The Hall–Kier alpha value is -3.79. The fourth-order valence-electron chi connectivity index (χ4n) is 2.83. The highest BCUT2D eigenvalue weighted by Crippen LogP contribution is 2.28. The molecule has 0 unspecified atom stereocenters. The molecule has 1 aliphatic carbocycles. The molecule has 3 aromatic rings. The molecule has 1 fully saturated rings. The van der Waals surface area contributed by atoms with E-state index < -0.39 is 5.76 Å². The minimum Gasteiger partial charge on any atom is -0.389 e. The Morgan fingerprint density at radius 3 is 2.75 bits per heavy atom. The average Bonchev–Trinajstić information content (AvgIpc) is 3.57. The largest absolute Gasteiger partial charge is 0.441 e. The van der Waals surface area contributed by atoms with Crippen LogP contribution in [-0.2, 0) is 23.3 Å². The van der Waals surface area contributed by atoms with Gasteiger partial charge >= 0.3 is 5.76 Å². The summed E-state index contributed by atoms with van der Waals surface area (Å²) in [6.07, 6.45) is 2.45. The van der Waals surface area contributed by atoms with Crippen LogP contribution in [0.3, 0.4) is 0 Å². The molecule has 1 aromatic carbocycles. The van der Waals surface area contributed by atoms with E-state index in [1.807, 2.05) is 49.4 Å². The van der Waals surface area contributed by atoms with Gasteiger partial charge in [-0.3, -0.25) is 19.4 Å². The number of amidine groups is 1. The molecule has 10 heteroatoms. The quantitative estimate of drug-likeness (QED) is 0.311. The molecule has 1 aliphatic rings. The van der Waals surface area contributed by atoms with Crippen molar-refractivity contribution in [1.29, 1.82) is 0 Å². The van der Waals surface area contributed by atoms with Crippen molar-refractivity contribution in [2.45, 2.75) is 26.4 Å². The van der Waals surface area contributed by atoms with Crippen molar-refractivity contribution < 1.29 is 14.2 Å². The smallest absolute Gasteiger partial charge is 0.389 e. The average molecular weight is 436 g/mol. The predicted molar refractivity (Wildman–Crippen MR) is 117 cm³/mol. The Morgan fingerprint density at radius 2 is 2.03 bits per heavy atom. The number of hydroxylamine groups is 1. The minimum atomic E-state index is -0.582. The van der Waals surface area contributed by atoms with Crippen molar-refractivity contribution in [3.8, 4) is 0 Å². The summed E-state index contributed by atoms with van der Waals surface area (Å²) in [5.74, 6) is 1.49. The minimum absolute atomic E-state index is 0.107. The van der Waals surface area contributed by atoms with Crippen LogP contribution in [0.25, 0.3) is 0 Å². The lowest BCUT2D eigenvalue weighted by Crippen LogP contribution is -2.21. The van der Waals surface area contributed by atoms with E-state index >= 15 is 0 Å².